The molecule has 1 aliphatic heterocycles. The average Bonchev–Trinajstić information content (AvgIpc) is 2.78. The molecule has 7 heteroatoms. The second kappa shape index (κ2) is 8.85. The topological polar surface area (TPSA) is 75.7 Å². The van der Waals surface area contributed by atoms with E-state index in [-0.39, 0.29) is 11.4 Å². The first kappa shape index (κ1) is 21.0. The molecule has 32 heavy (non-hydrogen) atoms. The number of benzene rings is 3. The van der Waals surface area contributed by atoms with E-state index in [1.807, 2.05) is 12.1 Å². The number of carbonyl (C=O) groups is 3. The number of urea groups is 1. The minimum atomic E-state index is -0.824. The smallest absolute Gasteiger partial charge is 0.335 e. The summed E-state index contributed by atoms with van der Waals surface area (Å²) in [5, 5.41) is 2.21. The van der Waals surface area contributed by atoms with Crippen LogP contribution >= 0.6 is 0 Å². The van der Waals surface area contributed by atoms with Crippen LogP contribution in [0.4, 0.5) is 14.9 Å². The van der Waals surface area contributed by atoms with Crippen LogP contribution in [0.25, 0.3) is 6.08 Å². The Kier molecular flexibility index (Phi) is 5.81. The van der Waals surface area contributed by atoms with Crippen molar-refractivity contribution in [3.63, 3.8) is 0 Å². The SMILES string of the molecule is COc1ccc(N2C(=O)NC(=O)/C(=C\c3ccccc3Cc3cccc(F)c3)C2=O)cc1. The second-order valence-electron chi connectivity index (χ2n) is 7.16. The van der Waals surface area contributed by atoms with Gasteiger partial charge in [0.05, 0.1) is 12.8 Å². The van der Waals surface area contributed by atoms with Gasteiger partial charge in [-0.15, -0.1) is 0 Å². The van der Waals surface area contributed by atoms with Crippen LogP contribution in [-0.2, 0) is 16.0 Å². The quantitative estimate of drug-likeness (QED) is 0.489. The molecule has 3 aromatic carbocycles. The number of anilines is 1. The molecule has 1 N–H and O–H groups in total. The summed E-state index contributed by atoms with van der Waals surface area (Å²) >= 11 is 0. The molecular weight excluding hydrogens is 411 g/mol. The van der Waals surface area contributed by atoms with Gasteiger partial charge in [0.1, 0.15) is 17.1 Å². The third kappa shape index (κ3) is 4.27. The average molecular weight is 430 g/mol. The molecule has 4 amide bonds. The number of rotatable bonds is 5. The number of methoxy groups -OCH3 is 1. The number of hydrogen-bond donors (Lipinski definition) is 1. The lowest BCUT2D eigenvalue weighted by Gasteiger charge is -2.26. The number of nitrogens with one attached hydrogen (secondary N) is 1. The van der Waals surface area contributed by atoms with E-state index in [0.29, 0.717) is 23.4 Å². The molecule has 0 spiro atoms. The molecule has 0 radical (unpaired) electrons. The molecule has 6 nitrogen and oxygen atoms in total. The maximum absolute atomic E-state index is 13.6. The van der Waals surface area contributed by atoms with E-state index >= 15 is 0 Å². The number of ether oxygens (including phenoxy) is 1. The van der Waals surface area contributed by atoms with Gasteiger partial charge in [-0.05, 0) is 65.6 Å². The molecule has 160 valence electrons. The maximum Gasteiger partial charge on any atom is 0.335 e. The summed E-state index contributed by atoms with van der Waals surface area (Å²) in [5.41, 5.74) is 2.32. The van der Waals surface area contributed by atoms with Crippen LogP contribution in [0.5, 0.6) is 5.75 Å². The molecule has 0 atom stereocenters. The second-order valence-corrected chi connectivity index (χ2v) is 7.16. The summed E-state index contributed by atoms with van der Waals surface area (Å²) in [5.74, 6) is -1.28. The zero-order chi connectivity index (χ0) is 22.7. The van der Waals surface area contributed by atoms with Crippen LogP contribution in [0, 0.1) is 5.82 Å². The van der Waals surface area contributed by atoms with Gasteiger partial charge in [-0.3, -0.25) is 14.9 Å². The molecule has 1 aliphatic rings. The number of carbonyl (C=O) groups excluding carboxylic acids is 3. The van der Waals surface area contributed by atoms with Crippen molar-refractivity contribution in [3.05, 3.63) is 101 Å². The van der Waals surface area contributed by atoms with Crippen LogP contribution in [0.2, 0.25) is 0 Å². The van der Waals surface area contributed by atoms with Crippen LogP contribution in [0.15, 0.2) is 78.4 Å². The van der Waals surface area contributed by atoms with Gasteiger partial charge in [-0.25, -0.2) is 14.1 Å². The van der Waals surface area contributed by atoms with Crippen molar-refractivity contribution in [3.8, 4) is 5.75 Å². The highest BCUT2D eigenvalue weighted by Crippen LogP contribution is 2.25. The van der Waals surface area contributed by atoms with Crippen molar-refractivity contribution < 1.29 is 23.5 Å². The molecule has 0 aliphatic carbocycles. The Balaban J connectivity index is 1.69. The van der Waals surface area contributed by atoms with Gasteiger partial charge in [-0.1, -0.05) is 36.4 Å². The third-order valence-corrected chi connectivity index (χ3v) is 5.07. The number of barbiturate groups is 1. The zero-order valence-electron chi connectivity index (χ0n) is 17.2. The first-order valence-corrected chi connectivity index (χ1v) is 9.84. The number of nitrogens with zero attached hydrogens (tertiary/aromatic N) is 1. The van der Waals surface area contributed by atoms with Crippen molar-refractivity contribution in [2.75, 3.05) is 12.0 Å². The van der Waals surface area contributed by atoms with Crippen LogP contribution in [-0.4, -0.2) is 25.0 Å². The van der Waals surface area contributed by atoms with E-state index in [0.717, 1.165) is 16.0 Å². The van der Waals surface area contributed by atoms with E-state index in [1.54, 1.807) is 48.5 Å². The lowest BCUT2D eigenvalue weighted by Crippen LogP contribution is -2.54. The number of imide groups is 2. The fraction of sp³-hybridized carbons (Fsp3) is 0.0800. The minimum Gasteiger partial charge on any atom is -0.497 e. The van der Waals surface area contributed by atoms with Crippen molar-refractivity contribution in [1.29, 1.82) is 0 Å². The molecule has 0 saturated carbocycles. The molecule has 3 aromatic rings. The Hall–Kier alpha value is -4.26. The lowest BCUT2D eigenvalue weighted by atomic mass is 9.97. The van der Waals surface area contributed by atoms with Gasteiger partial charge in [0.15, 0.2) is 0 Å². The van der Waals surface area contributed by atoms with Crippen LogP contribution in [0.1, 0.15) is 16.7 Å². The van der Waals surface area contributed by atoms with Gasteiger partial charge in [0, 0.05) is 0 Å². The van der Waals surface area contributed by atoms with Crippen molar-refractivity contribution >= 4 is 29.6 Å². The van der Waals surface area contributed by atoms with E-state index in [1.165, 1.54) is 25.3 Å². The fourth-order valence-electron chi connectivity index (χ4n) is 3.48. The third-order valence-electron chi connectivity index (χ3n) is 5.07. The molecule has 1 heterocycles. The highest BCUT2D eigenvalue weighted by molar-refractivity contribution is 6.39. The Morgan fingerprint density at radius 3 is 2.44 bits per heavy atom. The summed E-state index contributed by atoms with van der Waals surface area (Å²) in [7, 11) is 1.51. The van der Waals surface area contributed by atoms with Crippen LogP contribution < -0.4 is 15.0 Å². The van der Waals surface area contributed by atoms with Crippen molar-refractivity contribution in [2.24, 2.45) is 0 Å². The van der Waals surface area contributed by atoms with E-state index < -0.39 is 17.8 Å². The Labute approximate surface area is 183 Å². The zero-order valence-corrected chi connectivity index (χ0v) is 17.2. The summed E-state index contributed by atoms with van der Waals surface area (Å²) < 4.78 is 18.7. The number of halogens is 1. The van der Waals surface area contributed by atoms with Gasteiger partial charge < -0.3 is 4.74 Å². The van der Waals surface area contributed by atoms with Gasteiger partial charge >= 0.3 is 6.03 Å². The number of amides is 4. The molecule has 4 rings (SSSR count). The summed E-state index contributed by atoms with van der Waals surface area (Å²) in [6, 6.07) is 19.0. The van der Waals surface area contributed by atoms with Gasteiger partial charge in [0.25, 0.3) is 11.8 Å². The van der Waals surface area contributed by atoms with Crippen molar-refractivity contribution in [2.45, 2.75) is 6.42 Å². The number of hydrogen-bond acceptors (Lipinski definition) is 4. The standard InChI is InChI=1S/C25H19FN2O4/c1-32-21-11-9-20(10-12-21)28-24(30)22(23(29)27-25(28)31)15-18-7-3-2-6-17(18)13-16-5-4-8-19(26)14-16/h2-12,14-15H,13H2,1H3,(H,27,29,31)/b22-15+. The summed E-state index contributed by atoms with van der Waals surface area (Å²) in [4.78, 5) is 38.9. The maximum atomic E-state index is 13.6. The molecule has 1 fully saturated rings. The largest absolute Gasteiger partial charge is 0.497 e. The Morgan fingerprint density at radius 2 is 1.72 bits per heavy atom. The van der Waals surface area contributed by atoms with E-state index in [4.69, 9.17) is 4.74 Å². The summed E-state index contributed by atoms with van der Waals surface area (Å²) in [6.07, 6.45) is 1.86. The first-order valence-electron chi connectivity index (χ1n) is 9.84. The Bertz CT molecular complexity index is 1230. The predicted octanol–water partition coefficient (Wildman–Crippen LogP) is 4.09. The molecule has 0 bridgehead atoms. The Morgan fingerprint density at radius 1 is 0.969 bits per heavy atom. The highest BCUT2D eigenvalue weighted by atomic mass is 19.1. The lowest BCUT2D eigenvalue weighted by molar-refractivity contribution is -0.122. The highest BCUT2D eigenvalue weighted by Gasteiger charge is 2.36. The van der Waals surface area contributed by atoms with Crippen molar-refractivity contribution in [1.82, 2.24) is 5.32 Å². The molecular formula is C25H19FN2O4. The van der Waals surface area contributed by atoms with Gasteiger partial charge in [0.2, 0.25) is 0 Å². The molecule has 0 unspecified atom stereocenters. The van der Waals surface area contributed by atoms with E-state index in [2.05, 4.69) is 5.32 Å². The first-order chi connectivity index (χ1) is 15.5. The molecule has 0 aromatic heterocycles. The van der Waals surface area contributed by atoms with E-state index in [9.17, 15) is 18.8 Å². The van der Waals surface area contributed by atoms with Gasteiger partial charge in [-0.2, -0.15) is 0 Å². The minimum absolute atomic E-state index is 0.174. The fourth-order valence-corrected chi connectivity index (χ4v) is 3.48. The summed E-state index contributed by atoms with van der Waals surface area (Å²) in [6.45, 7) is 0. The predicted molar refractivity (Wildman–Crippen MR) is 118 cm³/mol. The normalized spacial score (nSPS) is 15.1. The monoisotopic (exact) mass is 430 g/mol. The van der Waals surface area contributed by atoms with Crippen LogP contribution in [0.3, 0.4) is 0 Å². The molecule has 1 saturated heterocycles.